The maximum atomic E-state index is 6.44. The van der Waals surface area contributed by atoms with E-state index in [1.165, 1.54) is 11.3 Å². The summed E-state index contributed by atoms with van der Waals surface area (Å²) < 4.78 is 0. The molecule has 0 bridgehead atoms. The van der Waals surface area contributed by atoms with E-state index in [4.69, 9.17) is 11.6 Å². The summed E-state index contributed by atoms with van der Waals surface area (Å²) in [7, 11) is 0. The first-order chi connectivity index (χ1) is 10.1. The van der Waals surface area contributed by atoms with E-state index in [2.05, 4.69) is 48.0 Å². The second kappa shape index (κ2) is 8.02. The molecule has 4 heteroatoms. The molecular formula is C17H28ClN3. The lowest BCUT2D eigenvalue weighted by Gasteiger charge is -2.36. The first kappa shape index (κ1) is 16.6. The predicted molar refractivity (Wildman–Crippen MR) is 92.3 cm³/mol. The van der Waals surface area contributed by atoms with Crippen LogP contribution in [0.25, 0.3) is 0 Å². The van der Waals surface area contributed by atoms with Crippen molar-refractivity contribution in [3.8, 4) is 0 Å². The molecule has 1 aromatic carbocycles. The Morgan fingerprint density at radius 1 is 1.19 bits per heavy atom. The summed E-state index contributed by atoms with van der Waals surface area (Å²) in [5.74, 6) is 0.657. The lowest BCUT2D eigenvalue weighted by Crippen LogP contribution is -2.46. The highest BCUT2D eigenvalue weighted by Crippen LogP contribution is 2.28. The SMILES string of the molecule is CCN1CCN(c2cccc(Cl)c2CNCC(C)C)CC1. The molecule has 1 aliphatic rings. The summed E-state index contributed by atoms with van der Waals surface area (Å²) in [4.78, 5) is 4.97. The number of hydrogen-bond acceptors (Lipinski definition) is 3. The summed E-state index contributed by atoms with van der Waals surface area (Å²) in [5.41, 5.74) is 2.54. The Morgan fingerprint density at radius 3 is 2.52 bits per heavy atom. The fourth-order valence-corrected chi connectivity index (χ4v) is 3.05. The molecule has 1 saturated heterocycles. The molecule has 118 valence electrons. The van der Waals surface area contributed by atoms with Gasteiger partial charge in [0, 0.05) is 49.0 Å². The summed E-state index contributed by atoms with van der Waals surface area (Å²) in [6.07, 6.45) is 0. The molecule has 1 aliphatic heterocycles. The van der Waals surface area contributed by atoms with Crippen LogP contribution in [0.3, 0.4) is 0 Å². The minimum Gasteiger partial charge on any atom is -0.369 e. The number of halogens is 1. The van der Waals surface area contributed by atoms with Gasteiger partial charge < -0.3 is 15.1 Å². The Kier molecular flexibility index (Phi) is 6.34. The number of nitrogens with one attached hydrogen (secondary N) is 1. The van der Waals surface area contributed by atoms with Gasteiger partial charge in [0.2, 0.25) is 0 Å². The monoisotopic (exact) mass is 309 g/mol. The van der Waals surface area contributed by atoms with E-state index in [0.717, 1.165) is 50.8 Å². The lowest BCUT2D eigenvalue weighted by atomic mass is 10.1. The average molecular weight is 310 g/mol. The standard InChI is InChI=1S/C17H28ClN3/c1-4-20-8-10-21(11-9-20)17-7-5-6-16(18)15(17)13-19-12-14(2)3/h5-7,14,19H,4,8-13H2,1-3H3. The zero-order valence-corrected chi connectivity index (χ0v) is 14.3. The van der Waals surface area contributed by atoms with Crippen molar-refractivity contribution in [3.63, 3.8) is 0 Å². The van der Waals surface area contributed by atoms with Crippen LogP contribution >= 0.6 is 11.6 Å². The largest absolute Gasteiger partial charge is 0.369 e. The molecule has 0 atom stereocenters. The van der Waals surface area contributed by atoms with Crippen molar-refractivity contribution in [1.82, 2.24) is 10.2 Å². The van der Waals surface area contributed by atoms with Gasteiger partial charge in [-0.2, -0.15) is 0 Å². The van der Waals surface area contributed by atoms with E-state index in [1.807, 2.05) is 6.07 Å². The van der Waals surface area contributed by atoms with Crippen LogP contribution in [0.2, 0.25) is 5.02 Å². The zero-order valence-electron chi connectivity index (χ0n) is 13.5. The lowest BCUT2D eigenvalue weighted by molar-refractivity contribution is 0.271. The number of piperazine rings is 1. The number of hydrogen-bond donors (Lipinski definition) is 1. The third-order valence-electron chi connectivity index (χ3n) is 4.11. The molecule has 1 aromatic rings. The van der Waals surface area contributed by atoms with Crippen LogP contribution in [0, 0.1) is 5.92 Å². The van der Waals surface area contributed by atoms with Crippen molar-refractivity contribution in [3.05, 3.63) is 28.8 Å². The summed E-state index contributed by atoms with van der Waals surface area (Å²) >= 11 is 6.44. The molecule has 3 nitrogen and oxygen atoms in total. The third-order valence-corrected chi connectivity index (χ3v) is 4.46. The minimum absolute atomic E-state index is 0.657. The van der Waals surface area contributed by atoms with E-state index in [-0.39, 0.29) is 0 Å². The Bertz CT molecular complexity index is 440. The van der Waals surface area contributed by atoms with Gasteiger partial charge in [-0.15, -0.1) is 0 Å². The van der Waals surface area contributed by atoms with E-state index >= 15 is 0 Å². The van der Waals surface area contributed by atoms with Gasteiger partial charge in [-0.3, -0.25) is 0 Å². The number of anilines is 1. The Morgan fingerprint density at radius 2 is 1.90 bits per heavy atom. The maximum Gasteiger partial charge on any atom is 0.0471 e. The molecule has 0 saturated carbocycles. The highest BCUT2D eigenvalue weighted by atomic mass is 35.5. The van der Waals surface area contributed by atoms with Gasteiger partial charge in [0.25, 0.3) is 0 Å². The van der Waals surface area contributed by atoms with Crippen molar-refractivity contribution >= 4 is 17.3 Å². The molecule has 0 aromatic heterocycles. The van der Waals surface area contributed by atoms with Gasteiger partial charge in [0.1, 0.15) is 0 Å². The van der Waals surface area contributed by atoms with Gasteiger partial charge >= 0.3 is 0 Å². The van der Waals surface area contributed by atoms with Crippen LogP contribution in [0.4, 0.5) is 5.69 Å². The van der Waals surface area contributed by atoms with Crippen molar-refractivity contribution in [1.29, 1.82) is 0 Å². The van der Waals surface area contributed by atoms with E-state index < -0.39 is 0 Å². The molecule has 0 spiro atoms. The average Bonchev–Trinajstić information content (AvgIpc) is 2.48. The summed E-state index contributed by atoms with van der Waals surface area (Å²) in [6.45, 7) is 14.2. The predicted octanol–water partition coefficient (Wildman–Crippen LogP) is 3.23. The van der Waals surface area contributed by atoms with E-state index in [0.29, 0.717) is 5.92 Å². The Labute approximate surface area is 134 Å². The third kappa shape index (κ3) is 4.60. The van der Waals surface area contributed by atoms with E-state index in [9.17, 15) is 0 Å². The van der Waals surface area contributed by atoms with Crippen LogP contribution in [-0.4, -0.2) is 44.2 Å². The molecule has 0 radical (unpaired) electrons. The second-order valence-corrected chi connectivity index (χ2v) is 6.59. The topological polar surface area (TPSA) is 18.5 Å². The highest BCUT2D eigenvalue weighted by Gasteiger charge is 2.19. The van der Waals surface area contributed by atoms with Gasteiger partial charge in [-0.1, -0.05) is 38.4 Å². The Hall–Kier alpha value is -0.770. The molecule has 21 heavy (non-hydrogen) atoms. The molecule has 1 fully saturated rings. The normalized spacial score (nSPS) is 16.7. The number of rotatable bonds is 6. The minimum atomic E-state index is 0.657. The number of benzene rings is 1. The van der Waals surface area contributed by atoms with Gasteiger partial charge in [0.15, 0.2) is 0 Å². The second-order valence-electron chi connectivity index (χ2n) is 6.18. The highest BCUT2D eigenvalue weighted by molar-refractivity contribution is 6.31. The number of nitrogens with zero attached hydrogens (tertiary/aromatic N) is 2. The van der Waals surface area contributed by atoms with Crippen molar-refractivity contribution < 1.29 is 0 Å². The first-order valence-corrected chi connectivity index (χ1v) is 8.45. The molecule has 1 N–H and O–H groups in total. The van der Waals surface area contributed by atoms with Crippen LogP contribution < -0.4 is 10.2 Å². The van der Waals surface area contributed by atoms with Crippen LogP contribution in [0.5, 0.6) is 0 Å². The van der Waals surface area contributed by atoms with Crippen molar-refractivity contribution in [2.24, 2.45) is 5.92 Å². The maximum absolute atomic E-state index is 6.44. The van der Waals surface area contributed by atoms with Gasteiger partial charge in [0.05, 0.1) is 0 Å². The molecule has 1 heterocycles. The van der Waals surface area contributed by atoms with Crippen LogP contribution in [0.1, 0.15) is 26.3 Å². The zero-order chi connectivity index (χ0) is 15.2. The molecule has 0 aliphatic carbocycles. The van der Waals surface area contributed by atoms with Crippen molar-refractivity contribution in [2.45, 2.75) is 27.3 Å². The van der Waals surface area contributed by atoms with Crippen LogP contribution in [-0.2, 0) is 6.54 Å². The Balaban J connectivity index is 2.06. The molecule has 2 rings (SSSR count). The fraction of sp³-hybridized carbons (Fsp3) is 0.647. The van der Waals surface area contributed by atoms with Gasteiger partial charge in [-0.05, 0) is 31.1 Å². The quantitative estimate of drug-likeness (QED) is 0.870. The van der Waals surface area contributed by atoms with E-state index in [1.54, 1.807) is 0 Å². The van der Waals surface area contributed by atoms with Crippen LogP contribution in [0.15, 0.2) is 18.2 Å². The summed E-state index contributed by atoms with van der Waals surface area (Å²) in [6, 6.07) is 6.27. The fourth-order valence-electron chi connectivity index (χ4n) is 2.81. The number of likely N-dealkylation sites (N-methyl/N-ethyl adjacent to an activating group) is 1. The smallest absolute Gasteiger partial charge is 0.0471 e. The first-order valence-electron chi connectivity index (χ1n) is 8.07. The van der Waals surface area contributed by atoms with Crippen molar-refractivity contribution in [2.75, 3.05) is 44.2 Å². The summed E-state index contributed by atoms with van der Waals surface area (Å²) in [5, 5.41) is 4.40. The molecule has 0 unspecified atom stereocenters. The molecule has 0 amide bonds. The molecular weight excluding hydrogens is 282 g/mol. The van der Waals surface area contributed by atoms with Gasteiger partial charge in [-0.25, -0.2) is 0 Å².